The van der Waals surface area contributed by atoms with E-state index in [9.17, 15) is 0 Å². The smallest absolute Gasteiger partial charge is 0.0754 e. The molecule has 0 aliphatic heterocycles. The second kappa shape index (κ2) is 5.38. The van der Waals surface area contributed by atoms with E-state index in [1.165, 1.54) is 11.1 Å². The van der Waals surface area contributed by atoms with Gasteiger partial charge in [-0.05, 0) is 61.7 Å². The van der Waals surface area contributed by atoms with Crippen molar-refractivity contribution in [2.45, 2.75) is 20.8 Å². The van der Waals surface area contributed by atoms with Crippen LogP contribution in [0.4, 0.5) is 11.4 Å². The van der Waals surface area contributed by atoms with Crippen molar-refractivity contribution in [3.05, 3.63) is 64.3 Å². The Morgan fingerprint density at radius 3 is 2.48 bits per heavy atom. The number of aromatic nitrogens is 1. The van der Waals surface area contributed by atoms with Gasteiger partial charge >= 0.3 is 0 Å². The molecule has 0 aliphatic rings. The number of rotatable bonds is 2. The molecule has 3 heteroatoms. The number of hydrogen-bond donors (Lipinski definition) is 1. The lowest BCUT2D eigenvalue weighted by Crippen LogP contribution is -1.96. The van der Waals surface area contributed by atoms with Crippen LogP contribution in [-0.2, 0) is 0 Å². The second-order valence-corrected chi connectivity index (χ2v) is 5.78. The lowest BCUT2D eigenvalue weighted by molar-refractivity contribution is 1.31. The van der Waals surface area contributed by atoms with Gasteiger partial charge in [0.05, 0.1) is 5.52 Å². The van der Waals surface area contributed by atoms with E-state index >= 15 is 0 Å². The van der Waals surface area contributed by atoms with Crippen LogP contribution in [0, 0.1) is 20.8 Å². The quantitative estimate of drug-likeness (QED) is 0.670. The van der Waals surface area contributed by atoms with E-state index in [0.717, 1.165) is 32.9 Å². The minimum Gasteiger partial charge on any atom is -0.355 e. The topological polar surface area (TPSA) is 24.9 Å². The molecule has 1 aromatic heterocycles. The number of anilines is 2. The highest BCUT2D eigenvalue weighted by Gasteiger charge is 2.07. The molecule has 106 valence electrons. The minimum absolute atomic E-state index is 0.754. The van der Waals surface area contributed by atoms with Crippen molar-refractivity contribution in [3.8, 4) is 0 Å². The monoisotopic (exact) mass is 296 g/mol. The molecule has 2 nitrogen and oxygen atoms in total. The lowest BCUT2D eigenvalue weighted by Gasteiger charge is -2.13. The van der Waals surface area contributed by atoms with Crippen LogP contribution in [0.2, 0.25) is 5.02 Å². The van der Waals surface area contributed by atoms with Crippen LogP contribution in [0.25, 0.3) is 10.9 Å². The van der Waals surface area contributed by atoms with Crippen LogP contribution >= 0.6 is 11.6 Å². The van der Waals surface area contributed by atoms with Crippen LogP contribution < -0.4 is 5.32 Å². The van der Waals surface area contributed by atoms with Gasteiger partial charge < -0.3 is 5.32 Å². The van der Waals surface area contributed by atoms with Gasteiger partial charge in [-0.2, -0.15) is 0 Å². The predicted octanol–water partition coefficient (Wildman–Crippen LogP) is 5.56. The summed E-state index contributed by atoms with van der Waals surface area (Å²) in [5, 5.41) is 5.38. The Hall–Kier alpha value is -2.06. The maximum Gasteiger partial charge on any atom is 0.0754 e. The zero-order valence-electron chi connectivity index (χ0n) is 12.4. The molecule has 0 bridgehead atoms. The van der Waals surface area contributed by atoms with E-state index in [4.69, 9.17) is 11.6 Å². The highest BCUT2D eigenvalue weighted by molar-refractivity contribution is 6.30. The number of nitrogens with one attached hydrogen (secondary N) is 1. The van der Waals surface area contributed by atoms with Crippen LogP contribution in [0.3, 0.4) is 0 Å². The number of pyridine rings is 1. The molecule has 0 spiro atoms. The number of benzene rings is 2. The predicted molar refractivity (Wildman–Crippen MR) is 90.7 cm³/mol. The number of aryl methyl sites for hydroxylation is 3. The van der Waals surface area contributed by atoms with E-state index in [1.807, 2.05) is 37.4 Å². The van der Waals surface area contributed by atoms with Crippen LogP contribution in [0.15, 0.2) is 42.6 Å². The molecular formula is C18H17ClN2. The third kappa shape index (κ3) is 2.59. The SMILES string of the molecule is Cc1cc(Cl)ccc1Nc1ccnc2c(C)c(C)ccc12. The first-order valence-corrected chi connectivity index (χ1v) is 7.32. The largest absolute Gasteiger partial charge is 0.355 e. The molecule has 3 aromatic rings. The summed E-state index contributed by atoms with van der Waals surface area (Å²) in [6.45, 7) is 6.27. The molecule has 0 radical (unpaired) electrons. The fourth-order valence-corrected chi connectivity index (χ4v) is 2.71. The van der Waals surface area contributed by atoms with Gasteiger partial charge in [-0.3, -0.25) is 4.98 Å². The van der Waals surface area contributed by atoms with Gasteiger partial charge in [0.25, 0.3) is 0 Å². The standard InChI is InChI=1S/C18H17ClN2/c1-11-4-6-15-17(8-9-20-18(15)13(11)3)21-16-7-5-14(19)10-12(16)2/h4-10H,1-3H3,(H,20,21). The first-order valence-electron chi connectivity index (χ1n) is 6.94. The van der Waals surface area contributed by atoms with E-state index in [1.54, 1.807) is 0 Å². The summed E-state index contributed by atoms with van der Waals surface area (Å²) in [4.78, 5) is 4.52. The van der Waals surface area contributed by atoms with Crippen molar-refractivity contribution >= 4 is 33.9 Å². The van der Waals surface area contributed by atoms with Gasteiger partial charge in [-0.1, -0.05) is 23.7 Å². The number of fused-ring (bicyclic) bond motifs is 1. The van der Waals surface area contributed by atoms with Crippen molar-refractivity contribution in [2.75, 3.05) is 5.32 Å². The van der Waals surface area contributed by atoms with Gasteiger partial charge in [0.2, 0.25) is 0 Å². The maximum atomic E-state index is 6.02. The Bertz CT molecular complexity index is 825. The fraction of sp³-hybridized carbons (Fsp3) is 0.167. The lowest BCUT2D eigenvalue weighted by atomic mass is 10.0. The summed E-state index contributed by atoms with van der Waals surface area (Å²) in [5.41, 5.74) is 6.78. The molecule has 2 aromatic carbocycles. The molecule has 0 unspecified atom stereocenters. The summed E-state index contributed by atoms with van der Waals surface area (Å²) in [7, 11) is 0. The second-order valence-electron chi connectivity index (χ2n) is 5.35. The normalized spacial score (nSPS) is 10.9. The third-order valence-corrected chi connectivity index (χ3v) is 4.13. The van der Waals surface area contributed by atoms with Crippen molar-refractivity contribution in [3.63, 3.8) is 0 Å². The Kier molecular flexibility index (Phi) is 3.56. The van der Waals surface area contributed by atoms with E-state index in [2.05, 4.69) is 36.3 Å². The van der Waals surface area contributed by atoms with Gasteiger partial charge in [0.15, 0.2) is 0 Å². The molecule has 0 fully saturated rings. The molecule has 1 heterocycles. The van der Waals surface area contributed by atoms with Gasteiger partial charge in [-0.25, -0.2) is 0 Å². The summed E-state index contributed by atoms with van der Waals surface area (Å²) >= 11 is 6.02. The Balaban J connectivity index is 2.11. The average Bonchev–Trinajstić information content (AvgIpc) is 2.46. The molecule has 0 saturated heterocycles. The zero-order valence-corrected chi connectivity index (χ0v) is 13.1. The summed E-state index contributed by atoms with van der Waals surface area (Å²) < 4.78 is 0. The highest BCUT2D eigenvalue weighted by atomic mass is 35.5. The summed E-state index contributed by atoms with van der Waals surface area (Å²) in [6, 6.07) is 12.1. The Labute approximate surface area is 129 Å². The molecule has 21 heavy (non-hydrogen) atoms. The Morgan fingerprint density at radius 1 is 0.905 bits per heavy atom. The number of nitrogens with zero attached hydrogens (tertiary/aromatic N) is 1. The summed E-state index contributed by atoms with van der Waals surface area (Å²) in [5.74, 6) is 0. The molecule has 0 amide bonds. The van der Waals surface area contributed by atoms with Crippen LogP contribution in [-0.4, -0.2) is 4.98 Å². The minimum atomic E-state index is 0.754. The van der Waals surface area contributed by atoms with E-state index in [-0.39, 0.29) is 0 Å². The fourth-order valence-electron chi connectivity index (χ4n) is 2.48. The first kappa shape index (κ1) is 13.9. The van der Waals surface area contributed by atoms with Crippen molar-refractivity contribution in [1.82, 2.24) is 4.98 Å². The van der Waals surface area contributed by atoms with E-state index in [0.29, 0.717) is 0 Å². The highest BCUT2D eigenvalue weighted by Crippen LogP contribution is 2.30. The van der Waals surface area contributed by atoms with Gasteiger partial charge in [0, 0.05) is 28.0 Å². The van der Waals surface area contributed by atoms with Crippen LogP contribution in [0.1, 0.15) is 16.7 Å². The zero-order chi connectivity index (χ0) is 15.0. The molecule has 3 rings (SSSR count). The average molecular weight is 297 g/mol. The molecule has 0 atom stereocenters. The van der Waals surface area contributed by atoms with Gasteiger partial charge in [0.1, 0.15) is 0 Å². The number of halogens is 1. The van der Waals surface area contributed by atoms with Crippen molar-refractivity contribution < 1.29 is 0 Å². The van der Waals surface area contributed by atoms with E-state index < -0.39 is 0 Å². The molecule has 1 N–H and O–H groups in total. The molecular weight excluding hydrogens is 280 g/mol. The summed E-state index contributed by atoms with van der Waals surface area (Å²) in [6.07, 6.45) is 1.85. The van der Waals surface area contributed by atoms with Crippen LogP contribution in [0.5, 0.6) is 0 Å². The van der Waals surface area contributed by atoms with Crippen molar-refractivity contribution in [2.24, 2.45) is 0 Å². The maximum absolute atomic E-state index is 6.02. The van der Waals surface area contributed by atoms with Crippen molar-refractivity contribution in [1.29, 1.82) is 0 Å². The molecule has 0 aliphatic carbocycles. The van der Waals surface area contributed by atoms with Gasteiger partial charge in [-0.15, -0.1) is 0 Å². The molecule has 0 saturated carbocycles. The first-order chi connectivity index (χ1) is 10.1. The Morgan fingerprint density at radius 2 is 1.71 bits per heavy atom. The third-order valence-electron chi connectivity index (χ3n) is 3.89. The number of hydrogen-bond acceptors (Lipinski definition) is 2.